The van der Waals surface area contributed by atoms with E-state index in [1.165, 1.54) is 0 Å². The molecule has 90 valence electrons. The van der Waals surface area contributed by atoms with Gasteiger partial charge in [0.05, 0.1) is 18.8 Å². The van der Waals surface area contributed by atoms with Gasteiger partial charge in [-0.3, -0.25) is 11.3 Å². The molecule has 1 unspecified atom stereocenters. The average Bonchev–Trinajstić information content (AvgIpc) is 2.16. The summed E-state index contributed by atoms with van der Waals surface area (Å²) in [5.74, 6) is 5.53. The first-order valence-electron chi connectivity index (χ1n) is 5.06. The zero-order valence-electron chi connectivity index (χ0n) is 9.34. The number of benzene rings is 1. The standard InChI is InChI=1S/C11H16Br2N2O/c1-7(2)16-6-11(15-14)8-3-9(12)5-10(13)4-8/h3-5,7,11,15H,6,14H2,1-2H3. The summed E-state index contributed by atoms with van der Waals surface area (Å²) in [6, 6.07) is 6.04. The van der Waals surface area contributed by atoms with Crippen LogP contribution in [0, 0.1) is 0 Å². The number of nitrogens with two attached hydrogens (primary N) is 1. The van der Waals surface area contributed by atoms with Crippen molar-refractivity contribution in [1.29, 1.82) is 0 Å². The van der Waals surface area contributed by atoms with Gasteiger partial charge in [0.15, 0.2) is 0 Å². The molecule has 0 spiro atoms. The lowest BCUT2D eigenvalue weighted by molar-refractivity contribution is 0.0611. The molecular weight excluding hydrogens is 336 g/mol. The maximum atomic E-state index is 5.56. The maximum absolute atomic E-state index is 5.56. The van der Waals surface area contributed by atoms with E-state index in [9.17, 15) is 0 Å². The van der Waals surface area contributed by atoms with Gasteiger partial charge in [-0.2, -0.15) is 0 Å². The largest absolute Gasteiger partial charge is 0.377 e. The van der Waals surface area contributed by atoms with Crippen LogP contribution in [0.4, 0.5) is 0 Å². The summed E-state index contributed by atoms with van der Waals surface area (Å²) in [5, 5.41) is 0. The highest BCUT2D eigenvalue weighted by Crippen LogP contribution is 2.24. The summed E-state index contributed by atoms with van der Waals surface area (Å²) >= 11 is 6.90. The van der Waals surface area contributed by atoms with Crippen molar-refractivity contribution in [3.05, 3.63) is 32.7 Å². The number of rotatable bonds is 5. The van der Waals surface area contributed by atoms with Crippen LogP contribution < -0.4 is 11.3 Å². The van der Waals surface area contributed by atoms with Crippen LogP contribution in [0.5, 0.6) is 0 Å². The molecule has 3 N–H and O–H groups in total. The fourth-order valence-corrected chi connectivity index (χ4v) is 2.63. The van der Waals surface area contributed by atoms with Crippen LogP contribution in [0.1, 0.15) is 25.5 Å². The van der Waals surface area contributed by atoms with Crippen molar-refractivity contribution in [2.24, 2.45) is 5.84 Å². The fourth-order valence-electron chi connectivity index (χ4n) is 1.31. The third-order valence-corrected chi connectivity index (χ3v) is 3.00. The summed E-state index contributed by atoms with van der Waals surface area (Å²) in [6.07, 6.45) is 0.200. The molecule has 0 aliphatic rings. The summed E-state index contributed by atoms with van der Waals surface area (Å²) in [7, 11) is 0. The Bertz CT molecular complexity index is 325. The number of nitrogens with one attached hydrogen (secondary N) is 1. The first-order valence-corrected chi connectivity index (χ1v) is 6.65. The van der Waals surface area contributed by atoms with E-state index in [1.807, 2.05) is 32.0 Å². The second kappa shape index (κ2) is 6.71. The van der Waals surface area contributed by atoms with Crippen molar-refractivity contribution in [3.63, 3.8) is 0 Å². The Labute approximate surface area is 113 Å². The fraction of sp³-hybridized carbons (Fsp3) is 0.455. The molecule has 5 heteroatoms. The smallest absolute Gasteiger partial charge is 0.0694 e. The van der Waals surface area contributed by atoms with Crippen molar-refractivity contribution in [2.75, 3.05) is 6.61 Å². The summed E-state index contributed by atoms with van der Waals surface area (Å²) in [5.41, 5.74) is 3.85. The van der Waals surface area contributed by atoms with Gasteiger partial charge in [0.2, 0.25) is 0 Å². The van der Waals surface area contributed by atoms with Crippen LogP contribution in [0.25, 0.3) is 0 Å². The Morgan fingerprint density at radius 3 is 2.25 bits per heavy atom. The van der Waals surface area contributed by atoms with E-state index in [0.717, 1.165) is 14.5 Å². The van der Waals surface area contributed by atoms with Gasteiger partial charge >= 0.3 is 0 Å². The third-order valence-electron chi connectivity index (χ3n) is 2.08. The Hall–Kier alpha value is 0.0600. The topological polar surface area (TPSA) is 47.3 Å². The first kappa shape index (κ1) is 14.1. The van der Waals surface area contributed by atoms with Crippen molar-refractivity contribution in [2.45, 2.75) is 26.0 Å². The van der Waals surface area contributed by atoms with Crippen molar-refractivity contribution < 1.29 is 4.74 Å². The van der Waals surface area contributed by atoms with E-state index >= 15 is 0 Å². The Kier molecular flexibility index (Phi) is 5.92. The van der Waals surface area contributed by atoms with E-state index in [2.05, 4.69) is 37.3 Å². The third kappa shape index (κ3) is 4.51. The van der Waals surface area contributed by atoms with Crippen molar-refractivity contribution in [1.82, 2.24) is 5.43 Å². The molecule has 0 fully saturated rings. The lowest BCUT2D eigenvalue weighted by atomic mass is 10.1. The molecule has 0 aromatic heterocycles. The van der Waals surface area contributed by atoms with Crippen LogP contribution >= 0.6 is 31.9 Å². The molecule has 0 saturated heterocycles. The number of hydrogen-bond acceptors (Lipinski definition) is 3. The zero-order valence-corrected chi connectivity index (χ0v) is 12.5. The molecule has 16 heavy (non-hydrogen) atoms. The Morgan fingerprint density at radius 1 is 1.25 bits per heavy atom. The highest BCUT2D eigenvalue weighted by Gasteiger charge is 2.12. The quantitative estimate of drug-likeness (QED) is 0.632. The predicted octanol–water partition coefficient (Wildman–Crippen LogP) is 3.14. The molecule has 1 atom stereocenters. The second-order valence-electron chi connectivity index (χ2n) is 3.80. The van der Waals surface area contributed by atoms with Crippen molar-refractivity contribution >= 4 is 31.9 Å². The van der Waals surface area contributed by atoms with Gasteiger partial charge in [0, 0.05) is 8.95 Å². The van der Waals surface area contributed by atoms with Gasteiger partial charge < -0.3 is 4.74 Å². The molecule has 1 aromatic carbocycles. The van der Waals surface area contributed by atoms with Gasteiger partial charge in [0.25, 0.3) is 0 Å². The van der Waals surface area contributed by atoms with Crippen LogP contribution in [-0.2, 0) is 4.74 Å². The normalized spacial score (nSPS) is 13.1. The molecule has 3 nitrogen and oxygen atoms in total. The predicted molar refractivity (Wildman–Crippen MR) is 73.0 cm³/mol. The van der Waals surface area contributed by atoms with E-state index in [4.69, 9.17) is 10.6 Å². The highest BCUT2D eigenvalue weighted by atomic mass is 79.9. The highest BCUT2D eigenvalue weighted by molar-refractivity contribution is 9.11. The van der Waals surface area contributed by atoms with Crippen LogP contribution in [0.3, 0.4) is 0 Å². The SMILES string of the molecule is CC(C)OCC(NN)c1cc(Br)cc(Br)c1. The maximum Gasteiger partial charge on any atom is 0.0694 e. The summed E-state index contributed by atoms with van der Waals surface area (Å²) < 4.78 is 7.59. The molecule has 0 heterocycles. The second-order valence-corrected chi connectivity index (χ2v) is 5.64. The van der Waals surface area contributed by atoms with Gasteiger partial charge in [0.1, 0.15) is 0 Å². The van der Waals surface area contributed by atoms with E-state index in [0.29, 0.717) is 6.61 Å². The average molecular weight is 352 g/mol. The molecule has 1 aromatic rings. The van der Waals surface area contributed by atoms with Crippen molar-refractivity contribution in [3.8, 4) is 0 Å². The number of hydrogen-bond donors (Lipinski definition) is 2. The van der Waals surface area contributed by atoms with Crippen LogP contribution in [-0.4, -0.2) is 12.7 Å². The lowest BCUT2D eigenvalue weighted by Gasteiger charge is -2.18. The molecule has 0 aliphatic heterocycles. The van der Waals surface area contributed by atoms with E-state index in [-0.39, 0.29) is 12.1 Å². The van der Waals surface area contributed by atoms with Crippen LogP contribution in [0.2, 0.25) is 0 Å². The Balaban J connectivity index is 2.78. The molecular formula is C11H16Br2N2O. The minimum absolute atomic E-state index is 0.00352. The first-order chi connectivity index (χ1) is 7.52. The van der Waals surface area contributed by atoms with Gasteiger partial charge in [-0.1, -0.05) is 31.9 Å². The molecule has 0 bridgehead atoms. The molecule has 0 aliphatic carbocycles. The molecule has 0 amide bonds. The summed E-state index contributed by atoms with van der Waals surface area (Å²) in [6.45, 7) is 4.56. The van der Waals surface area contributed by atoms with E-state index in [1.54, 1.807) is 0 Å². The number of hydrazine groups is 1. The van der Waals surface area contributed by atoms with Gasteiger partial charge in [-0.05, 0) is 37.6 Å². The van der Waals surface area contributed by atoms with Crippen LogP contribution in [0.15, 0.2) is 27.1 Å². The minimum atomic E-state index is -0.00352. The molecule has 1 rings (SSSR count). The monoisotopic (exact) mass is 350 g/mol. The molecule has 0 saturated carbocycles. The minimum Gasteiger partial charge on any atom is -0.377 e. The van der Waals surface area contributed by atoms with Gasteiger partial charge in [-0.25, -0.2) is 0 Å². The zero-order chi connectivity index (χ0) is 12.1. The summed E-state index contributed by atoms with van der Waals surface area (Å²) in [4.78, 5) is 0. The lowest BCUT2D eigenvalue weighted by Crippen LogP contribution is -2.32. The molecule has 0 radical (unpaired) electrons. The number of ether oxygens (including phenoxy) is 1. The number of halogens is 2. The van der Waals surface area contributed by atoms with Gasteiger partial charge in [-0.15, -0.1) is 0 Å². The van der Waals surface area contributed by atoms with E-state index < -0.39 is 0 Å². The Morgan fingerprint density at radius 2 is 1.81 bits per heavy atom.